The fourth-order valence-corrected chi connectivity index (χ4v) is 1.24. The molecule has 0 radical (unpaired) electrons. The van der Waals surface area contributed by atoms with Crippen molar-refractivity contribution < 1.29 is 0 Å². The summed E-state index contributed by atoms with van der Waals surface area (Å²) in [5, 5.41) is 0. The van der Waals surface area contributed by atoms with Crippen LogP contribution in [0, 0.1) is 0 Å². The zero-order chi connectivity index (χ0) is 6.15. The van der Waals surface area contributed by atoms with Crippen LogP contribution in [-0.2, 0) is 0 Å². The van der Waals surface area contributed by atoms with Crippen molar-refractivity contribution in [1.82, 2.24) is 4.90 Å². The Morgan fingerprint density at radius 3 is 2.38 bits per heavy atom. The van der Waals surface area contributed by atoms with E-state index in [1.807, 2.05) is 0 Å². The monoisotopic (exact) mass is 114 g/mol. The van der Waals surface area contributed by atoms with Crippen molar-refractivity contribution in [3.8, 4) is 0 Å². The highest BCUT2D eigenvalue weighted by Crippen LogP contribution is 2.11. The van der Waals surface area contributed by atoms with E-state index < -0.39 is 0 Å². The fraction of sp³-hybridized carbons (Fsp3) is 1.00. The number of rotatable bonds is 0. The summed E-state index contributed by atoms with van der Waals surface area (Å²) in [6, 6.07) is 1.12. The highest BCUT2D eigenvalue weighted by molar-refractivity contribution is 4.81. The zero-order valence-electron chi connectivity index (χ0n) is 5.59. The smallest absolute Gasteiger partial charge is 0.0182 e. The van der Waals surface area contributed by atoms with Gasteiger partial charge >= 0.3 is 0 Å². The quantitative estimate of drug-likeness (QED) is 0.481. The van der Waals surface area contributed by atoms with Gasteiger partial charge in [0.2, 0.25) is 0 Å². The lowest BCUT2D eigenvalue weighted by Crippen LogP contribution is -2.24. The van der Waals surface area contributed by atoms with Crippen LogP contribution in [0.3, 0.4) is 0 Å². The molecule has 0 aliphatic carbocycles. The molecule has 1 aliphatic heterocycles. The van der Waals surface area contributed by atoms with Gasteiger partial charge in [-0.25, -0.2) is 0 Å². The van der Waals surface area contributed by atoms with E-state index in [1.165, 1.54) is 0 Å². The summed E-state index contributed by atoms with van der Waals surface area (Å²) in [6.07, 6.45) is 1.16. The third-order valence-corrected chi connectivity index (χ3v) is 1.92. The topological polar surface area (TPSA) is 29.3 Å². The minimum Gasteiger partial charge on any atom is -0.326 e. The highest BCUT2D eigenvalue weighted by Gasteiger charge is 2.22. The van der Waals surface area contributed by atoms with Crippen molar-refractivity contribution in [3.63, 3.8) is 0 Å². The number of hydrogen-bond donors (Lipinski definition) is 1. The molecule has 2 atom stereocenters. The van der Waals surface area contributed by atoms with Gasteiger partial charge in [0, 0.05) is 18.6 Å². The minimum atomic E-state index is 0.426. The molecule has 48 valence electrons. The van der Waals surface area contributed by atoms with Crippen LogP contribution < -0.4 is 5.73 Å². The van der Waals surface area contributed by atoms with E-state index in [0.717, 1.165) is 13.0 Å². The van der Waals surface area contributed by atoms with Crippen molar-refractivity contribution in [1.29, 1.82) is 0 Å². The van der Waals surface area contributed by atoms with E-state index in [2.05, 4.69) is 18.9 Å². The van der Waals surface area contributed by atoms with Crippen LogP contribution in [0.2, 0.25) is 0 Å². The number of hydrogen-bond acceptors (Lipinski definition) is 2. The Kier molecular flexibility index (Phi) is 1.54. The first-order valence-electron chi connectivity index (χ1n) is 3.16. The van der Waals surface area contributed by atoms with Gasteiger partial charge < -0.3 is 10.6 Å². The van der Waals surface area contributed by atoms with E-state index >= 15 is 0 Å². The molecule has 0 bridgehead atoms. The molecule has 1 fully saturated rings. The molecule has 1 rings (SSSR count). The first kappa shape index (κ1) is 6.05. The van der Waals surface area contributed by atoms with Gasteiger partial charge in [-0.3, -0.25) is 0 Å². The third-order valence-electron chi connectivity index (χ3n) is 1.92. The largest absolute Gasteiger partial charge is 0.326 e. The van der Waals surface area contributed by atoms with Crippen LogP contribution >= 0.6 is 0 Å². The lowest BCUT2D eigenvalue weighted by molar-refractivity contribution is 0.329. The zero-order valence-corrected chi connectivity index (χ0v) is 5.59. The molecule has 0 aromatic carbocycles. The van der Waals surface area contributed by atoms with E-state index in [1.54, 1.807) is 0 Å². The Hall–Kier alpha value is -0.0800. The standard InChI is InChI=1S/C6H14N2/c1-5-3-6(7)4-8(5)2/h5-6H,3-4,7H2,1-2H3. The molecule has 0 aromatic heterocycles. The molecule has 2 heteroatoms. The average Bonchev–Trinajstić information content (AvgIpc) is 1.85. The molecule has 2 N–H and O–H groups in total. The molecular weight excluding hydrogens is 100 g/mol. The molecule has 1 aliphatic rings. The van der Waals surface area contributed by atoms with Crippen LogP contribution in [0.1, 0.15) is 13.3 Å². The Balaban J connectivity index is 2.39. The Bertz CT molecular complexity index is 72.6. The summed E-state index contributed by atoms with van der Waals surface area (Å²) in [6.45, 7) is 3.29. The molecule has 2 nitrogen and oxygen atoms in total. The van der Waals surface area contributed by atoms with Crippen LogP contribution in [0.25, 0.3) is 0 Å². The van der Waals surface area contributed by atoms with Gasteiger partial charge in [0.25, 0.3) is 0 Å². The van der Waals surface area contributed by atoms with Crippen LogP contribution in [0.15, 0.2) is 0 Å². The fourth-order valence-electron chi connectivity index (χ4n) is 1.24. The second kappa shape index (κ2) is 2.03. The molecule has 0 amide bonds. The van der Waals surface area contributed by atoms with Gasteiger partial charge in [-0.15, -0.1) is 0 Å². The van der Waals surface area contributed by atoms with Gasteiger partial charge in [0.05, 0.1) is 0 Å². The van der Waals surface area contributed by atoms with Gasteiger partial charge in [0.1, 0.15) is 0 Å². The molecule has 2 unspecified atom stereocenters. The normalized spacial score (nSPS) is 40.9. The predicted octanol–water partition coefficient (Wildman–Crippen LogP) is 0.0377. The second-order valence-electron chi connectivity index (χ2n) is 2.78. The maximum atomic E-state index is 5.67. The molecule has 0 aromatic rings. The number of likely N-dealkylation sites (N-methyl/N-ethyl adjacent to an activating group) is 1. The van der Waals surface area contributed by atoms with Crippen molar-refractivity contribution >= 4 is 0 Å². The Morgan fingerprint density at radius 1 is 1.62 bits per heavy atom. The molecule has 1 saturated heterocycles. The molecular formula is C6H14N2. The minimum absolute atomic E-state index is 0.426. The SMILES string of the molecule is CC1CC(N)CN1C. The highest BCUT2D eigenvalue weighted by atomic mass is 15.2. The van der Waals surface area contributed by atoms with Crippen molar-refractivity contribution in [2.75, 3.05) is 13.6 Å². The summed E-state index contributed by atoms with van der Waals surface area (Å²) < 4.78 is 0. The predicted molar refractivity (Wildman–Crippen MR) is 34.7 cm³/mol. The summed E-state index contributed by atoms with van der Waals surface area (Å²) in [5.74, 6) is 0. The van der Waals surface area contributed by atoms with Crippen LogP contribution in [-0.4, -0.2) is 30.6 Å². The van der Waals surface area contributed by atoms with Gasteiger partial charge in [-0.05, 0) is 20.4 Å². The van der Waals surface area contributed by atoms with E-state index in [0.29, 0.717) is 12.1 Å². The third kappa shape index (κ3) is 1.01. The van der Waals surface area contributed by atoms with Gasteiger partial charge in [-0.1, -0.05) is 0 Å². The Morgan fingerprint density at radius 2 is 2.25 bits per heavy atom. The van der Waals surface area contributed by atoms with E-state index in [4.69, 9.17) is 5.73 Å². The first-order chi connectivity index (χ1) is 3.70. The molecule has 0 saturated carbocycles. The van der Waals surface area contributed by atoms with Gasteiger partial charge in [-0.2, -0.15) is 0 Å². The average molecular weight is 114 g/mol. The molecule has 8 heavy (non-hydrogen) atoms. The Labute approximate surface area is 50.7 Å². The van der Waals surface area contributed by atoms with Gasteiger partial charge in [0.15, 0.2) is 0 Å². The summed E-state index contributed by atoms with van der Waals surface area (Å²) in [4.78, 5) is 2.30. The first-order valence-corrected chi connectivity index (χ1v) is 3.16. The lowest BCUT2D eigenvalue weighted by atomic mass is 10.2. The summed E-state index contributed by atoms with van der Waals surface area (Å²) >= 11 is 0. The lowest BCUT2D eigenvalue weighted by Gasteiger charge is -2.11. The molecule has 1 heterocycles. The number of nitrogens with two attached hydrogens (primary N) is 1. The number of nitrogens with zero attached hydrogens (tertiary/aromatic N) is 1. The maximum absolute atomic E-state index is 5.67. The summed E-state index contributed by atoms with van der Waals surface area (Å²) in [5.41, 5.74) is 5.67. The second-order valence-corrected chi connectivity index (χ2v) is 2.78. The number of likely N-dealkylation sites (tertiary alicyclic amines) is 1. The van der Waals surface area contributed by atoms with E-state index in [-0.39, 0.29) is 0 Å². The maximum Gasteiger partial charge on any atom is 0.0182 e. The van der Waals surface area contributed by atoms with Crippen molar-refractivity contribution in [2.24, 2.45) is 5.73 Å². The molecule has 0 spiro atoms. The summed E-state index contributed by atoms with van der Waals surface area (Å²) in [7, 11) is 2.12. The van der Waals surface area contributed by atoms with E-state index in [9.17, 15) is 0 Å². The van der Waals surface area contributed by atoms with Crippen molar-refractivity contribution in [2.45, 2.75) is 25.4 Å². The van der Waals surface area contributed by atoms with Crippen molar-refractivity contribution in [3.05, 3.63) is 0 Å². The van der Waals surface area contributed by atoms with Crippen LogP contribution in [0.4, 0.5) is 0 Å². The van der Waals surface area contributed by atoms with Crippen LogP contribution in [0.5, 0.6) is 0 Å².